The van der Waals surface area contributed by atoms with Gasteiger partial charge in [-0.2, -0.15) is 0 Å². The number of nitrogens with two attached hydrogens (primary N) is 1. The Labute approximate surface area is 76.5 Å². The van der Waals surface area contributed by atoms with Gasteiger partial charge >= 0.3 is 12.1 Å². The summed E-state index contributed by atoms with van der Waals surface area (Å²) in [6.45, 7) is 3.70. The Hall–Kier alpha value is -1.52. The number of carbonyl (C=O) groups excluding carboxylic acids is 2. The highest BCUT2D eigenvalue weighted by molar-refractivity contribution is 5.87. The van der Waals surface area contributed by atoms with E-state index in [9.17, 15) is 9.59 Å². The molecule has 74 valence electrons. The molecule has 1 amide bonds. The van der Waals surface area contributed by atoms with Gasteiger partial charge in [0.1, 0.15) is 6.26 Å². The van der Waals surface area contributed by atoms with E-state index in [2.05, 4.69) is 10.5 Å². The van der Waals surface area contributed by atoms with Crippen LogP contribution in [-0.2, 0) is 14.3 Å². The molecule has 0 unspecified atom stereocenters. The monoisotopic (exact) mass is 187 g/mol. The second-order valence-corrected chi connectivity index (χ2v) is 2.37. The van der Waals surface area contributed by atoms with Crippen molar-refractivity contribution in [3.8, 4) is 0 Å². The van der Waals surface area contributed by atoms with E-state index < -0.39 is 12.1 Å². The summed E-state index contributed by atoms with van der Waals surface area (Å²) in [6.07, 6.45) is 0.762. The quantitative estimate of drug-likeness (QED) is 0.403. The fourth-order valence-corrected chi connectivity index (χ4v) is 0.503. The molecule has 0 heterocycles. The molecule has 0 fully saturated rings. The van der Waals surface area contributed by atoms with Gasteiger partial charge in [0.15, 0.2) is 0 Å². The highest BCUT2D eigenvalue weighted by Crippen LogP contribution is 1.97. The number of esters is 1. The van der Waals surface area contributed by atoms with E-state index in [1.165, 1.54) is 6.92 Å². The third kappa shape index (κ3) is 5.72. The minimum Gasteiger partial charge on any atom is -0.462 e. The molecule has 0 atom stereocenters. The van der Waals surface area contributed by atoms with Crippen LogP contribution in [-0.4, -0.2) is 18.7 Å². The third-order valence-electron chi connectivity index (χ3n) is 1.11. The first-order chi connectivity index (χ1) is 6.07. The summed E-state index contributed by atoms with van der Waals surface area (Å²) >= 11 is 0. The first-order valence-electron chi connectivity index (χ1n) is 3.88. The summed E-state index contributed by atoms with van der Waals surface area (Å²) < 4.78 is 9.03. The first kappa shape index (κ1) is 11.5. The summed E-state index contributed by atoms with van der Waals surface area (Å²) in [5.41, 5.74) is 4.88. The van der Waals surface area contributed by atoms with E-state index in [1.54, 1.807) is 0 Å². The van der Waals surface area contributed by atoms with Crippen molar-refractivity contribution in [1.29, 1.82) is 0 Å². The Morgan fingerprint density at radius 2 is 2.08 bits per heavy atom. The first-order valence-corrected chi connectivity index (χ1v) is 3.88. The lowest BCUT2D eigenvalue weighted by Gasteiger charge is -2.01. The molecule has 0 aliphatic heterocycles. The second-order valence-electron chi connectivity index (χ2n) is 2.37. The van der Waals surface area contributed by atoms with Gasteiger partial charge in [-0.3, -0.25) is 0 Å². The molecule has 0 rings (SSSR count). The fraction of sp³-hybridized carbons (Fsp3) is 0.500. The van der Waals surface area contributed by atoms with Crippen LogP contribution in [0.4, 0.5) is 4.79 Å². The van der Waals surface area contributed by atoms with Crippen LogP contribution in [0.25, 0.3) is 0 Å². The average molecular weight is 187 g/mol. The van der Waals surface area contributed by atoms with E-state index in [0.29, 0.717) is 6.61 Å². The number of carbonyl (C=O) groups is 2. The molecule has 0 bridgehead atoms. The summed E-state index contributed by atoms with van der Waals surface area (Å²) in [5, 5.41) is 0. The van der Waals surface area contributed by atoms with Crippen molar-refractivity contribution in [1.82, 2.24) is 0 Å². The van der Waals surface area contributed by atoms with Crippen LogP contribution in [0.3, 0.4) is 0 Å². The molecule has 0 saturated carbocycles. The molecular formula is C8H13NO4. The summed E-state index contributed by atoms with van der Waals surface area (Å²) in [7, 11) is 0. The predicted molar refractivity (Wildman–Crippen MR) is 45.7 cm³/mol. The molecule has 13 heavy (non-hydrogen) atoms. The Morgan fingerprint density at radius 1 is 1.46 bits per heavy atom. The SMILES string of the molecule is CCCOC(=O)C(C)=COC(N)=O. The summed E-state index contributed by atoms with van der Waals surface area (Å²) in [4.78, 5) is 21.1. The van der Waals surface area contributed by atoms with E-state index in [0.717, 1.165) is 12.7 Å². The molecular weight excluding hydrogens is 174 g/mol. The maximum absolute atomic E-state index is 11.0. The van der Waals surface area contributed by atoms with Crippen molar-refractivity contribution in [3.63, 3.8) is 0 Å². The van der Waals surface area contributed by atoms with E-state index >= 15 is 0 Å². The maximum atomic E-state index is 11.0. The molecule has 0 aromatic rings. The van der Waals surface area contributed by atoms with Crippen molar-refractivity contribution in [2.45, 2.75) is 20.3 Å². The van der Waals surface area contributed by atoms with Gasteiger partial charge < -0.3 is 15.2 Å². The Bertz CT molecular complexity index is 222. The average Bonchev–Trinajstić information content (AvgIpc) is 2.10. The molecule has 0 aliphatic carbocycles. The van der Waals surface area contributed by atoms with Crippen LogP contribution < -0.4 is 5.73 Å². The standard InChI is InChI=1S/C8H13NO4/c1-3-4-12-7(10)6(2)5-13-8(9)11/h5H,3-4H2,1-2H3,(H2,9,11). The van der Waals surface area contributed by atoms with Gasteiger partial charge in [-0.1, -0.05) is 6.92 Å². The normalized spacial score (nSPS) is 10.8. The predicted octanol–water partition coefficient (Wildman–Crippen LogP) is 0.939. The molecule has 0 aromatic carbocycles. The lowest BCUT2D eigenvalue weighted by Crippen LogP contribution is -2.12. The molecule has 0 aromatic heterocycles. The number of hydrogen-bond donors (Lipinski definition) is 1. The van der Waals surface area contributed by atoms with Gasteiger partial charge in [0.05, 0.1) is 12.2 Å². The van der Waals surface area contributed by atoms with Crippen LogP contribution in [0.15, 0.2) is 11.8 Å². The zero-order chi connectivity index (χ0) is 10.3. The molecule has 0 aliphatic rings. The molecule has 5 heteroatoms. The van der Waals surface area contributed by atoms with Gasteiger partial charge in [-0.25, -0.2) is 9.59 Å². The molecule has 2 N–H and O–H groups in total. The van der Waals surface area contributed by atoms with Crippen LogP contribution in [0, 0.1) is 0 Å². The van der Waals surface area contributed by atoms with Crippen molar-refractivity contribution in [2.24, 2.45) is 5.73 Å². The number of rotatable bonds is 4. The Morgan fingerprint density at radius 3 is 2.54 bits per heavy atom. The number of ether oxygens (including phenoxy) is 2. The molecule has 0 radical (unpaired) electrons. The van der Waals surface area contributed by atoms with Crippen molar-refractivity contribution >= 4 is 12.1 Å². The largest absolute Gasteiger partial charge is 0.462 e. The smallest absolute Gasteiger partial charge is 0.409 e. The minimum atomic E-state index is -0.956. The lowest BCUT2D eigenvalue weighted by atomic mass is 10.3. The lowest BCUT2D eigenvalue weighted by molar-refractivity contribution is -0.139. The van der Waals surface area contributed by atoms with Crippen molar-refractivity contribution in [2.75, 3.05) is 6.61 Å². The van der Waals surface area contributed by atoms with Gasteiger partial charge in [-0.05, 0) is 13.3 Å². The number of amides is 1. The third-order valence-corrected chi connectivity index (χ3v) is 1.11. The van der Waals surface area contributed by atoms with Crippen LogP contribution in [0.2, 0.25) is 0 Å². The highest BCUT2D eigenvalue weighted by atomic mass is 16.5. The summed E-state index contributed by atoms with van der Waals surface area (Å²) in [6, 6.07) is 0. The number of primary amides is 1. The maximum Gasteiger partial charge on any atom is 0.409 e. The molecule has 5 nitrogen and oxygen atoms in total. The van der Waals surface area contributed by atoms with E-state index in [4.69, 9.17) is 4.74 Å². The van der Waals surface area contributed by atoms with Gasteiger partial charge in [0, 0.05) is 0 Å². The van der Waals surface area contributed by atoms with Crippen molar-refractivity contribution < 1.29 is 19.1 Å². The second kappa shape index (κ2) is 6.05. The van der Waals surface area contributed by atoms with E-state index in [-0.39, 0.29) is 5.57 Å². The fourth-order valence-electron chi connectivity index (χ4n) is 0.503. The topological polar surface area (TPSA) is 78.6 Å². The summed E-state index contributed by atoms with van der Waals surface area (Å²) in [5.74, 6) is -0.511. The van der Waals surface area contributed by atoms with Crippen LogP contribution >= 0.6 is 0 Å². The Kier molecular flexibility index (Phi) is 5.34. The van der Waals surface area contributed by atoms with Crippen LogP contribution in [0.5, 0.6) is 0 Å². The van der Waals surface area contributed by atoms with Crippen molar-refractivity contribution in [3.05, 3.63) is 11.8 Å². The van der Waals surface area contributed by atoms with Gasteiger partial charge in [0.25, 0.3) is 0 Å². The Balaban J connectivity index is 3.93. The minimum absolute atomic E-state index is 0.201. The zero-order valence-electron chi connectivity index (χ0n) is 7.70. The van der Waals surface area contributed by atoms with Gasteiger partial charge in [0.2, 0.25) is 0 Å². The van der Waals surface area contributed by atoms with Crippen LogP contribution in [0.1, 0.15) is 20.3 Å². The molecule has 0 saturated heterocycles. The van der Waals surface area contributed by atoms with E-state index in [1.807, 2.05) is 6.92 Å². The number of hydrogen-bond acceptors (Lipinski definition) is 4. The van der Waals surface area contributed by atoms with Gasteiger partial charge in [-0.15, -0.1) is 0 Å². The highest BCUT2D eigenvalue weighted by Gasteiger charge is 2.05. The zero-order valence-corrected chi connectivity index (χ0v) is 7.70. The molecule has 0 spiro atoms.